The number of thiocarbonyl (C=S) groups is 1. The molecule has 1 saturated heterocycles. The first-order valence-electron chi connectivity index (χ1n) is 10.2. The van der Waals surface area contributed by atoms with Gasteiger partial charge in [0.2, 0.25) is 0 Å². The molecule has 0 saturated carbocycles. The number of rotatable bonds is 6. The van der Waals surface area contributed by atoms with E-state index in [1.807, 2.05) is 19.9 Å². The highest BCUT2D eigenvalue weighted by Gasteiger charge is 2.20. The van der Waals surface area contributed by atoms with Gasteiger partial charge in [0.25, 0.3) is 5.91 Å². The van der Waals surface area contributed by atoms with Crippen LogP contribution in [0.15, 0.2) is 53.0 Å². The van der Waals surface area contributed by atoms with Crippen LogP contribution < -0.4 is 15.4 Å². The molecule has 1 aliphatic heterocycles. The molecule has 0 aromatic heterocycles. The molecule has 1 aliphatic rings. The fourth-order valence-corrected chi connectivity index (χ4v) is 4.20. The minimum Gasteiger partial charge on any atom is -0.490 e. The van der Waals surface area contributed by atoms with Crippen LogP contribution in [-0.2, 0) is 6.54 Å². The van der Waals surface area contributed by atoms with Crippen molar-refractivity contribution in [2.24, 2.45) is 0 Å². The first-order valence-corrected chi connectivity index (χ1v) is 11.4. The number of carbonyl (C=O) groups excluding carboxylic acids is 1. The van der Waals surface area contributed by atoms with Gasteiger partial charge in [-0.15, -0.1) is 0 Å². The monoisotopic (exact) mass is 489 g/mol. The summed E-state index contributed by atoms with van der Waals surface area (Å²) in [4.78, 5) is 15.0. The van der Waals surface area contributed by atoms with Gasteiger partial charge in [-0.1, -0.05) is 30.3 Å². The summed E-state index contributed by atoms with van der Waals surface area (Å²) < 4.78 is 6.43. The minimum atomic E-state index is -0.231. The van der Waals surface area contributed by atoms with E-state index in [-0.39, 0.29) is 18.1 Å². The van der Waals surface area contributed by atoms with Gasteiger partial charge in [0.1, 0.15) is 5.75 Å². The van der Waals surface area contributed by atoms with Crippen molar-refractivity contribution in [2.75, 3.05) is 13.1 Å². The van der Waals surface area contributed by atoms with Crippen molar-refractivity contribution < 1.29 is 9.53 Å². The number of likely N-dealkylation sites (tertiary alicyclic amines) is 1. The zero-order valence-electron chi connectivity index (χ0n) is 17.4. The van der Waals surface area contributed by atoms with Crippen LogP contribution in [0.5, 0.6) is 5.75 Å². The zero-order valence-corrected chi connectivity index (χ0v) is 19.8. The van der Waals surface area contributed by atoms with Crippen LogP contribution in [0.25, 0.3) is 0 Å². The number of hydrogen-bond donors (Lipinski definition) is 2. The van der Waals surface area contributed by atoms with E-state index in [1.165, 1.54) is 5.56 Å². The predicted molar refractivity (Wildman–Crippen MR) is 128 cm³/mol. The van der Waals surface area contributed by atoms with E-state index in [2.05, 4.69) is 55.7 Å². The SMILES string of the molecule is CC(C)Oc1ccc(C(=O)NC(=S)NC2CCN(Cc3ccccc3)CC2)cc1Br. The normalized spacial score (nSPS) is 15.1. The third kappa shape index (κ3) is 6.79. The van der Waals surface area contributed by atoms with E-state index in [9.17, 15) is 4.79 Å². The maximum Gasteiger partial charge on any atom is 0.257 e. The van der Waals surface area contributed by atoms with Gasteiger partial charge in [0.15, 0.2) is 5.11 Å². The van der Waals surface area contributed by atoms with Crippen molar-refractivity contribution in [1.29, 1.82) is 0 Å². The summed E-state index contributed by atoms with van der Waals surface area (Å²) >= 11 is 8.83. The maximum absolute atomic E-state index is 12.5. The maximum atomic E-state index is 12.5. The quantitative estimate of drug-likeness (QED) is 0.584. The third-order valence-corrected chi connectivity index (χ3v) is 5.80. The van der Waals surface area contributed by atoms with Gasteiger partial charge in [-0.25, -0.2) is 0 Å². The van der Waals surface area contributed by atoms with E-state index in [1.54, 1.807) is 18.2 Å². The molecule has 0 radical (unpaired) electrons. The van der Waals surface area contributed by atoms with Crippen LogP contribution in [0.4, 0.5) is 0 Å². The van der Waals surface area contributed by atoms with Gasteiger partial charge in [0, 0.05) is 31.2 Å². The van der Waals surface area contributed by atoms with E-state index in [0.717, 1.165) is 36.9 Å². The molecular weight excluding hydrogens is 462 g/mol. The van der Waals surface area contributed by atoms with Crippen LogP contribution in [0.3, 0.4) is 0 Å². The molecule has 2 N–H and O–H groups in total. The molecule has 30 heavy (non-hydrogen) atoms. The standard InChI is InChI=1S/C23H28BrN3O2S/c1-16(2)29-21-9-8-18(14-20(21)24)22(28)26-23(30)25-19-10-12-27(13-11-19)15-17-6-4-3-5-7-17/h3-9,14,16,19H,10-13,15H2,1-2H3,(H2,25,26,28,30). The lowest BCUT2D eigenvalue weighted by Gasteiger charge is -2.32. The summed E-state index contributed by atoms with van der Waals surface area (Å²) in [7, 11) is 0. The molecule has 5 nitrogen and oxygen atoms in total. The van der Waals surface area contributed by atoms with Gasteiger partial charge < -0.3 is 10.1 Å². The van der Waals surface area contributed by atoms with Crippen molar-refractivity contribution in [3.8, 4) is 5.75 Å². The molecule has 1 amide bonds. The lowest BCUT2D eigenvalue weighted by Crippen LogP contribution is -2.48. The first kappa shape index (κ1) is 22.7. The average Bonchev–Trinajstić information content (AvgIpc) is 2.71. The van der Waals surface area contributed by atoms with Gasteiger partial charge >= 0.3 is 0 Å². The summed E-state index contributed by atoms with van der Waals surface area (Å²) in [5.41, 5.74) is 1.86. The Hall–Kier alpha value is -1.96. The van der Waals surface area contributed by atoms with Crippen LogP contribution in [-0.4, -0.2) is 41.2 Å². The molecule has 2 aromatic rings. The van der Waals surface area contributed by atoms with E-state index < -0.39 is 0 Å². The molecule has 7 heteroatoms. The van der Waals surface area contributed by atoms with Crippen LogP contribution in [0, 0.1) is 0 Å². The van der Waals surface area contributed by atoms with Crippen molar-refractivity contribution in [1.82, 2.24) is 15.5 Å². The average molecular weight is 490 g/mol. The third-order valence-electron chi connectivity index (χ3n) is 4.96. The molecule has 160 valence electrons. The van der Waals surface area contributed by atoms with E-state index in [0.29, 0.717) is 16.4 Å². The van der Waals surface area contributed by atoms with Gasteiger partial charge in [0.05, 0.1) is 10.6 Å². The lowest BCUT2D eigenvalue weighted by atomic mass is 10.0. The smallest absolute Gasteiger partial charge is 0.257 e. The molecule has 1 heterocycles. The fraction of sp³-hybridized carbons (Fsp3) is 0.391. The van der Waals surface area contributed by atoms with Crippen molar-refractivity contribution in [2.45, 2.75) is 45.4 Å². The number of benzene rings is 2. The number of piperidine rings is 1. The Morgan fingerprint density at radius 2 is 1.90 bits per heavy atom. The number of carbonyl (C=O) groups is 1. The van der Waals surface area contributed by atoms with Crippen molar-refractivity contribution in [3.05, 3.63) is 64.1 Å². The Morgan fingerprint density at radius 3 is 2.53 bits per heavy atom. The molecule has 0 aliphatic carbocycles. The Bertz CT molecular complexity index is 868. The highest BCUT2D eigenvalue weighted by Crippen LogP contribution is 2.27. The molecule has 0 bridgehead atoms. The number of halogens is 1. The van der Waals surface area contributed by atoms with Crippen LogP contribution in [0.1, 0.15) is 42.6 Å². The molecule has 2 aromatic carbocycles. The second-order valence-electron chi connectivity index (χ2n) is 7.78. The summed E-state index contributed by atoms with van der Waals surface area (Å²) in [6.07, 6.45) is 2.06. The number of nitrogens with one attached hydrogen (secondary N) is 2. The molecule has 1 fully saturated rings. The van der Waals surface area contributed by atoms with E-state index >= 15 is 0 Å². The van der Waals surface area contributed by atoms with E-state index in [4.69, 9.17) is 17.0 Å². The van der Waals surface area contributed by atoms with Gasteiger partial charge in [-0.05, 0) is 78.6 Å². The number of hydrogen-bond acceptors (Lipinski definition) is 4. The second-order valence-corrected chi connectivity index (χ2v) is 9.04. The highest BCUT2D eigenvalue weighted by molar-refractivity contribution is 9.10. The predicted octanol–water partition coefficient (Wildman–Crippen LogP) is 4.51. The zero-order chi connectivity index (χ0) is 21.5. The Kier molecular flexibility index (Phi) is 8.24. The van der Waals surface area contributed by atoms with Crippen molar-refractivity contribution in [3.63, 3.8) is 0 Å². The number of ether oxygens (including phenoxy) is 1. The summed E-state index contributed by atoms with van der Waals surface area (Å²) in [6.45, 7) is 6.91. The summed E-state index contributed by atoms with van der Waals surface area (Å²) in [5, 5.41) is 6.46. The van der Waals surface area contributed by atoms with Crippen LogP contribution in [0.2, 0.25) is 0 Å². The second kappa shape index (κ2) is 10.9. The Balaban J connectivity index is 1.44. The number of nitrogens with zero attached hydrogens (tertiary/aromatic N) is 1. The first-order chi connectivity index (χ1) is 14.4. The minimum absolute atomic E-state index is 0.0665. The molecule has 0 spiro atoms. The lowest BCUT2D eigenvalue weighted by molar-refractivity contribution is 0.0976. The molecule has 0 unspecified atom stereocenters. The largest absolute Gasteiger partial charge is 0.490 e. The van der Waals surface area contributed by atoms with Gasteiger partial charge in [-0.3, -0.25) is 15.0 Å². The summed E-state index contributed by atoms with van der Waals surface area (Å²) in [6, 6.07) is 16.1. The highest BCUT2D eigenvalue weighted by atomic mass is 79.9. The molecule has 3 rings (SSSR count). The molecular formula is C23H28BrN3O2S. The topological polar surface area (TPSA) is 53.6 Å². The van der Waals surface area contributed by atoms with Crippen LogP contribution >= 0.6 is 28.1 Å². The number of amides is 1. The fourth-order valence-electron chi connectivity index (χ4n) is 3.47. The van der Waals surface area contributed by atoms with Crippen molar-refractivity contribution >= 4 is 39.2 Å². The Morgan fingerprint density at radius 1 is 1.20 bits per heavy atom. The summed E-state index contributed by atoms with van der Waals surface area (Å²) in [5.74, 6) is 0.482. The Labute approximate surface area is 192 Å². The molecule has 0 atom stereocenters. The van der Waals surface area contributed by atoms with Gasteiger partial charge in [-0.2, -0.15) is 0 Å².